The zero-order valence-corrected chi connectivity index (χ0v) is 17.2. The van der Waals surface area contributed by atoms with Gasteiger partial charge in [-0.15, -0.1) is 11.3 Å². The summed E-state index contributed by atoms with van der Waals surface area (Å²) in [4.78, 5) is 27.1. The lowest BCUT2D eigenvalue weighted by Gasteiger charge is -2.29. The molecule has 1 aliphatic heterocycles. The Bertz CT molecular complexity index is 1000. The number of nitrogens with zero attached hydrogens (tertiary/aromatic N) is 1. The third-order valence-corrected chi connectivity index (χ3v) is 7.44. The summed E-state index contributed by atoms with van der Waals surface area (Å²) in [5.41, 5.74) is 0.446. The number of sulfone groups is 1. The van der Waals surface area contributed by atoms with Gasteiger partial charge in [-0.05, 0) is 19.1 Å². The minimum atomic E-state index is -3.10. The molecule has 1 N–H and O–H groups in total. The van der Waals surface area contributed by atoms with Crippen molar-refractivity contribution in [1.29, 1.82) is 0 Å². The second-order valence-electron chi connectivity index (χ2n) is 6.63. The van der Waals surface area contributed by atoms with Crippen LogP contribution in [0.5, 0.6) is 0 Å². The van der Waals surface area contributed by atoms with Crippen LogP contribution in [-0.4, -0.2) is 62.9 Å². The van der Waals surface area contributed by atoms with Crippen molar-refractivity contribution in [2.24, 2.45) is 0 Å². The summed E-state index contributed by atoms with van der Waals surface area (Å²) in [6.45, 7) is 1.85. The molecular formula is C18H21FN2O5S2. The summed E-state index contributed by atoms with van der Waals surface area (Å²) in [5.74, 6) is -1.42. The van der Waals surface area contributed by atoms with Crippen LogP contribution in [0.4, 0.5) is 4.39 Å². The first-order valence-corrected chi connectivity index (χ1v) is 11.4. The molecule has 0 bridgehead atoms. The van der Waals surface area contributed by atoms with Crippen molar-refractivity contribution in [3.63, 3.8) is 0 Å². The number of nitrogens with one attached hydrogen (secondary N) is 1. The molecule has 0 radical (unpaired) electrons. The first-order chi connectivity index (χ1) is 13.2. The number of thiophene rings is 1. The number of hydrogen-bond donors (Lipinski definition) is 1. The van der Waals surface area contributed by atoms with E-state index in [1.54, 1.807) is 19.1 Å². The lowest BCUT2D eigenvalue weighted by molar-refractivity contribution is -0.132. The van der Waals surface area contributed by atoms with Crippen LogP contribution in [0.3, 0.4) is 0 Å². The Morgan fingerprint density at radius 2 is 2.00 bits per heavy atom. The predicted molar refractivity (Wildman–Crippen MR) is 105 cm³/mol. The highest BCUT2D eigenvalue weighted by molar-refractivity contribution is 7.91. The molecule has 1 unspecified atom stereocenters. The molecule has 3 rings (SSSR count). The maximum absolute atomic E-state index is 14.3. The molecule has 1 aromatic carbocycles. The molecule has 7 nitrogen and oxygen atoms in total. The fourth-order valence-corrected chi connectivity index (χ4v) is 5.49. The Labute approximate surface area is 166 Å². The molecule has 1 aliphatic rings. The monoisotopic (exact) mass is 428 g/mol. The van der Waals surface area contributed by atoms with E-state index in [0.29, 0.717) is 20.5 Å². The summed E-state index contributed by atoms with van der Waals surface area (Å²) >= 11 is 1.14. The quantitative estimate of drug-likeness (QED) is 0.780. The molecular weight excluding hydrogens is 407 g/mol. The van der Waals surface area contributed by atoms with Gasteiger partial charge in [-0.1, -0.05) is 6.07 Å². The molecule has 152 valence electrons. The first kappa shape index (κ1) is 20.7. The third kappa shape index (κ3) is 4.18. The van der Waals surface area contributed by atoms with Gasteiger partial charge in [0, 0.05) is 35.8 Å². The van der Waals surface area contributed by atoms with Gasteiger partial charge in [0.25, 0.3) is 5.91 Å². The van der Waals surface area contributed by atoms with E-state index >= 15 is 0 Å². The molecule has 2 heterocycles. The van der Waals surface area contributed by atoms with Gasteiger partial charge in [0.15, 0.2) is 9.84 Å². The Hall–Kier alpha value is -2.04. The van der Waals surface area contributed by atoms with E-state index in [9.17, 15) is 22.4 Å². The first-order valence-electron chi connectivity index (χ1n) is 8.72. The highest BCUT2D eigenvalue weighted by Crippen LogP contribution is 2.33. The smallest absolute Gasteiger partial charge is 0.262 e. The van der Waals surface area contributed by atoms with Crippen LogP contribution in [0.15, 0.2) is 18.2 Å². The average Bonchev–Trinajstić information content (AvgIpc) is 3.01. The van der Waals surface area contributed by atoms with E-state index in [-0.39, 0.29) is 37.1 Å². The number of hydrogen-bond acceptors (Lipinski definition) is 6. The van der Waals surface area contributed by atoms with Gasteiger partial charge in [0.1, 0.15) is 11.9 Å². The number of ether oxygens (including phenoxy) is 1. The van der Waals surface area contributed by atoms with Crippen molar-refractivity contribution in [3.05, 3.63) is 34.5 Å². The Balaban J connectivity index is 1.78. The number of methoxy groups -OCH3 is 1. The van der Waals surface area contributed by atoms with Crippen molar-refractivity contribution in [2.75, 3.05) is 31.7 Å². The van der Waals surface area contributed by atoms with Crippen molar-refractivity contribution in [3.8, 4) is 0 Å². The number of amides is 2. The maximum Gasteiger partial charge on any atom is 0.262 e. The van der Waals surface area contributed by atoms with Crippen molar-refractivity contribution >= 4 is 43.1 Å². The standard InChI is InChI=1S/C18H21FN2O5S2/c1-11(18(23)21-6-8-28(24,25)9-7-21)20-17(22)16-12(10-26-2)15-13(19)4-3-5-14(15)27-16/h3-5,11H,6-10H2,1-2H3,(H,20,22). The molecule has 10 heteroatoms. The van der Waals surface area contributed by atoms with Crippen LogP contribution in [0.2, 0.25) is 0 Å². The van der Waals surface area contributed by atoms with Gasteiger partial charge in [-0.3, -0.25) is 9.59 Å². The number of carbonyl (C=O) groups is 2. The summed E-state index contributed by atoms with van der Waals surface area (Å²) < 4.78 is 43.0. The van der Waals surface area contributed by atoms with E-state index in [4.69, 9.17) is 4.74 Å². The highest BCUT2D eigenvalue weighted by Gasteiger charge is 2.29. The summed E-state index contributed by atoms with van der Waals surface area (Å²) in [6, 6.07) is 3.79. The molecule has 0 aliphatic carbocycles. The normalized spacial score (nSPS) is 17.5. The zero-order valence-electron chi connectivity index (χ0n) is 15.5. The zero-order chi connectivity index (χ0) is 20.5. The molecule has 1 saturated heterocycles. The van der Waals surface area contributed by atoms with E-state index in [1.165, 1.54) is 18.1 Å². The van der Waals surface area contributed by atoms with E-state index in [1.807, 2.05) is 0 Å². The molecule has 2 amide bonds. The Kier molecular flexibility index (Phi) is 6.01. The summed E-state index contributed by atoms with van der Waals surface area (Å²) in [6.07, 6.45) is 0. The van der Waals surface area contributed by atoms with Crippen molar-refractivity contribution in [1.82, 2.24) is 10.2 Å². The largest absolute Gasteiger partial charge is 0.380 e. The van der Waals surface area contributed by atoms with Crippen LogP contribution in [0.1, 0.15) is 22.2 Å². The second kappa shape index (κ2) is 8.14. The van der Waals surface area contributed by atoms with Gasteiger partial charge in [0.05, 0.1) is 23.0 Å². The van der Waals surface area contributed by atoms with Crippen LogP contribution >= 0.6 is 11.3 Å². The molecule has 0 saturated carbocycles. The molecule has 1 atom stereocenters. The van der Waals surface area contributed by atoms with Gasteiger partial charge in [-0.25, -0.2) is 12.8 Å². The number of fused-ring (bicyclic) bond motifs is 1. The second-order valence-corrected chi connectivity index (χ2v) is 9.98. The number of carbonyl (C=O) groups excluding carboxylic acids is 2. The highest BCUT2D eigenvalue weighted by atomic mass is 32.2. The number of rotatable bonds is 5. The van der Waals surface area contributed by atoms with Gasteiger partial charge in [-0.2, -0.15) is 0 Å². The topological polar surface area (TPSA) is 92.8 Å². The van der Waals surface area contributed by atoms with E-state index in [0.717, 1.165) is 11.3 Å². The van der Waals surface area contributed by atoms with E-state index in [2.05, 4.69) is 5.32 Å². The van der Waals surface area contributed by atoms with Gasteiger partial charge in [0.2, 0.25) is 5.91 Å². The van der Waals surface area contributed by atoms with Gasteiger partial charge < -0.3 is 15.0 Å². The summed E-state index contributed by atoms with van der Waals surface area (Å²) in [7, 11) is -1.64. The Morgan fingerprint density at radius 1 is 1.32 bits per heavy atom. The fourth-order valence-electron chi connectivity index (χ4n) is 3.16. The van der Waals surface area contributed by atoms with Crippen molar-refractivity contribution in [2.45, 2.75) is 19.6 Å². The number of benzene rings is 1. The third-order valence-electron chi connectivity index (χ3n) is 4.63. The molecule has 1 aromatic heterocycles. The molecule has 1 fully saturated rings. The molecule has 2 aromatic rings. The lowest BCUT2D eigenvalue weighted by Crippen LogP contribution is -2.51. The number of halogens is 1. The van der Waals surface area contributed by atoms with E-state index < -0.39 is 27.6 Å². The van der Waals surface area contributed by atoms with Crippen LogP contribution in [0.25, 0.3) is 10.1 Å². The van der Waals surface area contributed by atoms with Crippen molar-refractivity contribution < 1.29 is 27.1 Å². The maximum atomic E-state index is 14.3. The minimum Gasteiger partial charge on any atom is -0.380 e. The predicted octanol–water partition coefficient (Wildman–Crippen LogP) is 1.56. The summed E-state index contributed by atoms with van der Waals surface area (Å²) in [5, 5.41) is 2.99. The van der Waals surface area contributed by atoms with Crippen LogP contribution in [-0.2, 0) is 26.0 Å². The van der Waals surface area contributed by atoms with Gasteiger partial charge >= 0.3 is 0 Å². The lowest BCUT2D eigenvalue weighted by atomic mass is 10.1. The Morgan fingerprint density at radius 3 is 2.64 bits per heavy atom. The fraction of sp³-hybridized carbons (Fsp3) is 0.444. The van der Waals surface area contributed by atoms with Crippen LogP contribution < -0.4 is 5.32 Å². The van der Waals surface area contributed by atoms with Crippen LogP contribution in [0, 0.1) is 5.82 Å². The minimum absolute atomic E-state index is 0.0655. The SMILES string of the molecule is COCc1c(C(=O)NC(C)C(=O)N2CCS(=O)(=O)CC2)sc2cccc(F)c12. The molecule has 28 heavy (non-hydrogen) atoms. The average molecular weight is 429 g/mol. The molecule has 0 spiro atoms.